The minimum absolute atomic E-state index is 0.0907. The molecule has 0 aliphatic carbocycles. The number of nitrogens with one attached hydrogen (secondary N) is 1. The lowest BCUT2D eigenvalue weighted by molar-refractivity contribution is -0.134. The maximum Gasteiger partial charge on any atom is 0.227 e. The summed E-state index contributed by atoms with van der Waals surface area (Å²) in [5.41, 5.74) is 2.45. The van der Waals surface area contributed by atoms with Crippen LogP contribution >= 0.6 is 0 Å². The first-order valence-corrected chi connectivity index (χ1v) is 11.3. The lowest BCUT2D eigenvalue weighted by Gasteiger charge is -2.41. The van der Waals surface area contributed by atoms with E-state index in [-0.39, 0.29) is 5.91 Å². The van der Waals surface area contributed by atoms with Crippen molar-refractivity contribution in [2.75, 3.05) is 26.7 Å². The fraction of sp³-hybridized carbons (Fsp3) is 0.385. The van der Waals surface area contributed by atoms with Gasteiger partial charge in [-0.15, -0.1) is 0 Å². The molecular weight excluding hydrogens is 402 g/mol. The molecule has 1 unspecified atom stereocenters. The van der Waals surface area contributed by atoms with Crippen molar-refractivity contribution < 1.29 is 14.1 Å². The fourth-order valence-corrected chi connectivity index (χ4v) is 4.62. The van der Waals surface area contributed by atoms with E-state index in [9.17, 15) is 4.79 Å². The lowest BCUT2D eigenvalue weighted by Crippen LogP contribution is -2.52. The number of hydrogen-bond acceptors (Lipinski definition) is 5. The van der Waals surface area contributed by atoms with Crippen molar-refractivity contribution in [2.45, 2.75) is 32.7 Å². The number of benzene rings is 2. The van der Waals surface area contributed by atoms with E-state index in [1.54, 1.807) is 7.11 Å². The number of ether oxygens (including phenoxy) is 1. The number of piperidine rings is 1. The SMILES string of the molecule is CCNC(=O)C1(Cc2cc(-c3ccccc3)no2)CCCN(Cc2cccc(OC)c2)C1. The van der Waals surface area contributed by atoms with Gasteiger partial charge in [-0.2, -0.15) is 0 Å². The minimum Gasteiger partial charge on any atom is -0.497 e. The molecular formula is C26H31N3O3. The van der Waals surface area contributed by atoms with Crippen molar-refractivity contribution >= 4 is 5.91 Å². The predicted octanol–water partition coefficient (Wildman–Crippen LogP) is 4.31. The van der Waals surface area contributed by atoms with E-state index in [0.717, 1.165) is 48.7 Å². The van der Waals surface area contributed by atoms with Gasteiger partial charge >= 0.3 is 0 Å². The Kier molecular flexibility index (Phi) is 6.90. The van der Waals surface area contributed by atoms with Gasteiger partial charge in [0.25, 0.3) is 0 Å². The number of hydrogen-bond donors (Lipinski definition) is 1. The van der Waals surface area contributed by atoms with Gasteiger partial charge in [0.05, 0.1) is 12.5 Å². The summed E-state index contributed by atoms with van der Waals surface area (Å²) in [6.07, 6.45) is 2.32. The highest BCUT2D eigenvalue weighted by atomic mass is 16.5. The second-order valence-electron chi connectivity index (χ2n) is 8.53. The molecule has 32 heavy (non-hydrogen) atoms. The number of carbonyl (C=O) groups excluding carboxylic acids is 1. The first-order chi connectivity index (χ1) is 15.6. The molecule has 3 aromatic rings. The summed E-state index contributed by atoms with van der Waals surface area (Å²) in [7, 11) is 1.68. The van der Waals surface area contributed by atoms with E-state index in [1.165, 1.54) is 5.56 Å². The average Bonchev–Trinajstić information content (AvgIpc) is 3.28. The van der Waals surface area contributed by atoms with Gasteiger partial charge in [-0.1, -0.05) is 47.6 Å². The van der Waals surface area contributed by atoms with Crippen LogP contribution < -0.4 is 10.1 Å². The normalized spacial score (nSPS) is 18.9. The summed E-state index contributed by atoms with van der Waals surface area (Å²) in [4.78, 5) is 15.6. The molecule has 1 aromatic heterocycles. The van der Waals surface area contributed by atoms with Gasteiger partial charge in [0.15, 0.2) is 0 Å². The molecule has 1 fully saturated rings. The largest absolute Gasteiger partial charge is 0.497 e. The number of carbonyl (C=O) groups is 1. The quantitative estimate of drug-likeness (QED) is 0.573. The second-order valence-corrected chi connectivity index (χ2v) is 8.53. The van der Waals surface area contributed by atoms with Crippen LogP contribution in [0.2, 0.25) is 0 Å². The summed E-state index contributed by atoms with van der Waals surface area (Å²) in [5, 5.41) is 7.33. The number of rotatable bonds is 8. The van der Waals surface area contributed by atoms with E-state index < -0.39 is 5.41 Å². The van der Waals surface area contributed by atoms with Crippen LogP contribution in [0, 0.1) is 5.41 Å². The highest BCUT2D eigenvalue weighted by Gasteiger charge is 2.43. The zero-order chi connectivity index (χ0) is 22.4. The third-order valence-electron chi connectivity index (χ3n) is 6.16. The maximum absolute atomic E-state index is 13.3. The Labute approximate surface area is 189 Å². The highest BCUT2D eigenvalue weighted by Crippen LogP contribution is 2.36. The summed E-state index contributed by atoms with van der Waals surface area (Å²) in [6.45, 7) is 5.00. The smallest absolute Gasteiger partial charge is 0.227 e. The van der Waals surface area contributed by atoms with Crippen LogP contribution in [0.4, 0.5) is 0 Å². The van der Waals surface area contributed by atoms with Crippen LogP contribution in [0.3, 0.4) is 0 Å². The topological polar surface area (TPSA) is 67.6 Å². The Bertz CT molecular complexity index is 1030. The molecule has 2 aromatic carbocycles. The number of aromatic nitrogens is 1. The highest BCUT2D eigenvalue weighted by molar-refractivity contribution is 5.83. The third-order valence-corrected chi connectivity index (χ3v) is 6.16. The van der Waals surface area contributed by atoms with Crippen molar-refractivity contribution in [3.05, 3.63) is 72.0 Å². The van der Waals surface area contributed by atoms with Gasteiger partial charge in [-0.25, -0.2) is 0 Å². The van der Waals surface area contributed by atoms with Crippen molar-refractivity contribution in [2.24, 2.45) is 5.41 Å². The number of likely N-dealkylation sites (tertiary alicyclic amines) is 1. The Hall–Kier alpha value is -3.12. The van der Waals surface area contributed by atoms with Gasteiger partial charge in [0.2, 0.25) is 5.91 Å². The molecule has 6 heteroatoms. The molecule has 0 saturated carbocycles. The molecule has 1 saturated heterocycles. The first kappa shape index (κ1) is 22.1. The van der Waals surface area contributed by atoms with Crippen molar-refractivity contribution in [1.82, 2.24) is 15.4 Å². The van der Waals surface area contributed by atoms with E-state index in [2.05, 4.69) is 27.5 Å². The summed E-state index contributed by atoms with van der Waals surface area (Å²) < 4.78 is 11.1. The molecule has 0 spiro atoms. The molecule has 1 amide bonds. The van der Waals surface area contributed by atoms with Crippen molar-refractivity contribution in [1.29, 1.82) is 0 Å². The number of nitrogens with zero attached hydrogens (tertiary/aromatic N) is 2. The Morgan fingerprint density at radius 1 is 1.19 bits per heavy atom. The molecule has 0 bridgehead atoms. The summed E-state index contributed by atoms with van der Waals surface area (Å²) >= 11 is 0. The van der Waals surface area contributed by atoms with Crippen LogP contribution in [-0.2, 0) is 17.8 Å². The predicted molar refractivity (Wildman–Crippen MR) is 124 cm³/mol. The third kappa shape index (κ3) is 5.02. The standard InChI is InChI=1S/C26H31N3O3/c1-3-27-25(30)26(17-23-16-24(28-32-23)21-10-5-4-6-11-21)13-8-14-29(19-26)18-20-9-7-12-22(15-20)31-2/h4-7,9-12,15-16H,3,8,13-14,17-19H2,1-2H3,(H,27,30). The zero-order valence-electron chi connectivity index (χ0n) is 18.8. The lowest BCUT2D eigenvalue weighted by atomic mass is 9.75. The fourth-order valence-electron chi connectivity index (χ4n) is 4.62. The molecule has 4 rings (SSSR count). The maximum atomic E-state index is 13.3. The number of amides is 1. The monoisotopic (exact) mass is 433 g/mol. The molecule has 6 nitrogen and oxygen atoms in total. The minimum atomic E-state index is -0.541. The molecule has 2 heterocycles. The van der Waals surface area contributed by atoms with Crippen LogP contribution in [0.15, 0.2) is 65.2 Å². The van der Waals surface area contributed by atoms with E-state index in [1.807, 2.05) is 55.5 Å². The van der Waals surface area contributed by atoms with Gasteiger partial charge in [0.1, 0.15) is 17.2 Å². The van der Waals surface area contributed by atoms with Crippen LogP contribution in [-0.4, -0.2) is 42.7 Å². The van der Waals surface area contributed by atoms with E-state index in [4.69, 9.17) is 9.26 Å². The second kappa shape index (κ2) is 10.0. The molecule has 0 radical (unpaired) electrons. The Balaban J connectivity index is 1.54. The van der Waals surface area contributed by atoms with E-state index in [0.29, 0.717) is 19.5 Å². The summed E-state index contributed by atoms with van der Waals surface area (Å²) in [5.74, 6) is 1.69. The van der Waals surface area contributed by atoms with Crippen LogP contribution in [0.25, 0.3) is 11.3 Å². The molecule has 168 valence electrons. The van der Waals surface area contributed by atoms with Gasteiger partial charge in [-0.05, 0) is 44.0 Å². The Morgan fingerprint density at radius 3 is 2.81 bits per heavy atom. The van der Waals surface area contributed by atoms with Gasteiger partial charge in [0, 0.05) is 37.7 Å². The summed E-state index contributed by atoms with van der Waals surface area (Å²) in [6, 6.07) is 20.1. The average molecular weight is 434 g/mol. The van der Waals surface area contributed by atoms with Crippen LogP contribution in [0.1, 0.15) is 31.1 Å². The Morgan fingerprint density at radius 2 is 2.03 bits per heavy atom. The first-order valence-electron chi connectivity index (χ1n) is 11.3. The molecule has 1 aliphatic heterocycles. The van der Waals surface area contributed by atoms with Gasteiger partial charge < -0.3 is 14.6 Å². The zero-order valence-corrected chi connectivity index (χ0v) is 18.8. The molecule has 1 aliphatic rings. The molecule has 1 atom stereocenters. The molecule has 1 N–H and O–H groups in total. The van der Waals surface area contributed by atoms with Crippen molar-refractivity contribution in [3.8, 4) is 17.0 Å². The van der Waals surface area contributed by atoms with Crippen molar-refractivity contribution in [3.63, 3.8) is 0 Å². The number of methoxy groups -OCH3 is 1. The van der Waals surface area contributed by atoms with Crippen LogP contribution in [0.5, 0.6) is 5.75 Å². The van der Waals surface area contributed by atoms with E-state index >= 15 is 0 Å². The van der Waals surface area contributed by atoms with Gasteiger partial charge in [-0.3, -0.25) is 9.69 Å².